The smallest absolute Gasteiger partial charge is 0.336 e. The van der Waals surface area contributed by atoms with Crippen molar-refractivity contribution in [2.75, 3.05) is 20.3 Å². The Morgan fingerprint density at radius 1 is 0.833 bits per heavy atom. The summed E-state index contributed by atoms with van der Waals surface area (Å²) in [5.41, 5.74) is 3.65. The molecule has 0 saturated heterocycles. The largest absolute Gasteiger partial charge is 0.492 e. The lowest BCUT2D eigenvalue weighted by atomic mass is 9.90. The van der Waals surface area contributed by atoms with Gasteiger partial charge in [0.05, 0.1) is 25.9 Å². The van der Waals surface area contributed by atoms with Crippen LogP contribution in [0.5, 0.6) is 11.5 Å². The summed E-state index contributed by atoms with van der Waals surface area (Å²) in [5, 5.41) is 9.84. The summed E-state index contributed by atoms with van der Waals surface area (Å²) >= 11 is 0. The number of ether oxygens (including phenoxy) is 3. The first kappa shape index (κ1) is 26.5. The van der Waals surface area contributed by atoms with E-state index in [1.54, 1.807) is 32.2 Å². The molecule has 3 aromatic carbocycles. The number of hydrogen-bond donors (Lipinski definition) is 1. The van der Waals surface area contributed by atoms with Gasteiger partial charge in [0.2, 0.25) is 0 Å². The lowest BCUT2D eigenvalue weighted by Gasteiger charge is -2.20. The zero-order valence-electron chi connectivity index (χ0n) is 20.8. The molecule has 0 saturated carbocycles. The third-order valence-corrected chi connectivity index (χ3v) is 5.72. The summed E-state index contributed by atoms with van der Waals surface area (Å²) in [6.07, 6.45) is 3.43. The fraction of sp³-hybridized carbons (Fsp3) is 0.267. The van der Waals surface area contributed by atoms with Crippen molar-refractivity contribution in [2.24, 2.45) is 0 Å². The van der Waals surface area contributed by atoms with Crippen molar-refractivity contribution in [3.05, 3.63) is 84.4 Å². The molecule has 0 aliphatic carbocycles. The standard InChI is InChI=1S/C30H32O6/c1-21(2)30(33)36-20-12-5-4-11-19-35-26-18-17-23(22-13-7-6-8-14-22)27(28(26)34-3)24-15-9-10-16-25(24)29(31)32/h6-10,13-18H,1,4-5,11-12,19-20H2,2-3H3,(H,31,32). The molecular formula is C30H32O6. The third-order valence-electron chi connectivity index (χ3n) is 5.72. The maximum atomic E-state index is 12.0. The summed E-state index contributed by atoms with van der Waals surface area (Å²) in [7, 11) is 1.57. The van der Waals surface area contributed by atoms with Crippen molar-refractivity contribution in [3.8, 4) is 33.8 Å². The van der Waals surface area contributed by atoms with E-state index >= 15 is 0 Å². The molecule has 3 rings (SSSR count). The molecule has 0 radical (unpaired) electrons. The fourth-order valence-corrected chi connectivity index (χ4v) is 3.92. The van der Waals surface area contributed by atoms with Gasteiger partial charge in [-0.25, -0.2) is 9.59 Å². The van der Waals surface area contributed by atoms with Gasteiger partial charge in [0.15, 0.2) is 11.5 Å². The van der Waals surface area contributed by atoms with Crippen molar-refractivity contribution >= 4 is 11.9 Å². The van der Waals surface area contributed by atoms with Crippen molar-refractivity contribution in [2.45, 2.75) is 32.6 Å². The molecule has 0 aliphatic heterocycles. The minimum Gasteiger partial charge on any atom is -0.492 e. The Labute approximate surface area is 212 Å². The Morgan fingerprint density at radius 2 is 1.50 bits per heavy atom. The minimum absolute atomic E-state index is 0.192. The van der Waals surface area contributed by atoms with E-state index in [9.17, 15) is 14.7 Å². The van der Waals surface area contributed by atoms with Gasteiger partial charge < -0.3 is 19.3 Å². The Morgan fingerprint density at radius 3 is 2.17 bits per heavy atom. The summed E-state index contributed by atoms with van der Waals surface area (Å²) in [6, 6.07) is 20.5. The predicted molar refractivity (Wildman–Crippen MR) is 141 cm³/mol. The number of hydrogen-bond acceptors (Lipinski definition) is 5. The van der Waals surface area contributed by atoms with E-state index < -0.39 is 5.97 Å². The van der Waals surface area contributed by atoms with Gasteiger partial charge in [-0.1, -0.05) is 55.1 Å². The van der Waals surface area contributed by atoms with Crippen LogP contribution >= 0.6 is 0 Å². The normalized spacial score (nSPS) is 10.5. The summed E-state index contributed by atoms with van der Waals surface area (Å²) in [4.78, 5) is 23.4. The molecule has 6 nitrogen and oxygen atoms in total. The first-order chi connectivity index (χ1) is 17.4. The molecule has 36 heavy (non-hydrogen) atoms. The van der Waals surface area contributed by atoms with Crippen molar-refractivity contribution in [1.82, 2.24) is 0 Å². The number of methoxy groups -OCH3 is 1. The van der Waals surface area contributed by atoms with E-state index in [-0.39, 0.29) is 11.5 Å². The Balaban J connectivity index is 1.78. The number of carboxylic acid groups (broad SMARTS) is 1. The summed E-state index contributed by atoms with van der Waals surface area (Å²) in [5.74, 6) is -0.309. The number of esters is 1. The van der Waals surface area contributed by atoms with Crippen LogP contribution in [0.25, 0.3) is 22.3 Å². The molecule has 0 aromatic heterocycles. The maximum Gasteiger partial charge on any atom is 0.336 e. The predicted octanol–water partition coefficient (Wildman–Crippen LogP) is 6.79. The molecule has 0 heterocycles. The fourth-order valence-electron chi connectivity index (χ4n) is 3.92. The number of carbonyl (C=O) groups is 2. The Kier molecular flexibility index (Phi) is 9.69. The second-order valence-electron chi connectivity index (χ2n) is 8.42. The molecule has 0 amide bonds. The van der Waals surface area contributed by atoms with Gasteiger partial charge >= 0.3 is 11.9 Å². The molecule has 0 unspecified atom stereocenters. The number of carboxylic acids is 1. The van der Waals surface area contributed by atoms with Crippen LogP contribution < -0.4 is 9.47 Å². The highest BCUT2D eigenvalue weighted by atomic mass is 16.5. The molecule has 0 aliphatic rings. The van der Waals surface area contributed by atoms with Gasteiger partial charge in [-0.3, -0.25) is 0 Å². The zero-order valence-corrected chi connectivity index (χ0v) is 20.8. The van der Waals surface area contributed by atoms with Gasteiger partial charge in [0.25, 0.3) is 0 Å². The molecular weight excluding hydrogens is 456 g/mol. The van der Waals surface area contributed by atoms with Crippen LogP contribution in [0.1, 0.15) is 43.0 Å². The number of aromatic carboxylic acids is 1. The van der Waals surface area contributed by atoms with Crippen molar-refractivity contribution in [1.29, 1.82) is 0 Å². The van der Waals surface area contributed by atoms with Crippen molar-refractivity contribution < 1.29 is 28.9 Å². The lowest BCUT2D eigenvalue weighted by molar-refractivity contribution is -0.139. The van der Waals surface area contributed by atoms with Crippen molar-refractivity contribution in [3.63, 3.8) is 0 Å². The average molecular weight is 489 g/mol. The minimum atomic E-state index is -1.01. The van der Waals surface area contributed by atoms with Crippen LogP contribution in [0.2, 0.25) is 0 Å². The van der Waals surface area contributed by atoms with Crippen LogP contribution in [0.15, 0.2) is 78.9 Å². The van der Waals surface area contributed by atoms with Gasteiger partial charge in [-0.15, -0.1) is 0 Å². The topological polar surface area (TPSA) is 82.1 Å². The lowest BCUT2D eigenvalue weighted by Crippen LogP contribution is -2.06. The number of benzene rings is 3. The van der Waals surface area contributed by atoms with E-state index in [0.717, 1.165) is 36.8 Å². The monoisotopic (exact) mass is 488 g/mol. The highest BCUT2D eigenvalue weighted by Gasteiger charge is 2.22. The summed E-state index contributed by atoms with van der Waals surface area (Å²) in [6.45, 7) is 6.06. The molecule has 6 heteroatoms. The number of rotatable bonds is 13. The van der Waals surface area contributed by atoms with Crippen LogP contribution in [-0.4, -0.2) is 37.4 Å². The Bertz CT molecular complexity index is 1200. The molecule has 0 fully saturated rings. The van der Waals surface area contributed by atoms with Crippen LogP contribution in [-0.2, 0) is 9.53 Å². The van der Waals surface area contributed by atoms with Gasteiger partial charge in [0.1, 0.15) is 0 Å². The van der Waals surface area contributed by atoms with E-state index in [4.69, 9.17) is 14.2 Å². The first-order valence-electron chi connectivity index (χ1n) is 12.0. The van der Waals surface area contributed by atoms with E-state index in [2.05, 4.69) is 6.58 Å². The highest BCUT2D eigenvalue weighted by molar-refractivity contribution is 6.01. The number of unbranched alkanes of at least 4 members (excludes halogenated alkanes) is 3. The van der Waals surface area contributed by atoms with Gasteiger partial charge in [0, 0.05) is 16.7 Å². The molecule has 0 spiro atoms. The van der Waals surface area contributed by atoms with Crippen LogP contribution in [0.4, 0.5) is 0 Å². The van der Waals surface area contributed by atoms with Crippen LogP contribution in [0, 0.1) is 0 Å². The SMILES string of the molecule is C=C(C)C(=O)OCCCCCCOc1ccc(-c2ccccc2)c(-c2ccccc2C(=O)O)c1OC. The second kappa shape index (κ2) is 13.1. The highest BCUT2D eigenvalue weighted by Crippen LogP contribution is 2.46. The molecule has 1 N–H and O–H groups in total. The average Bonchev–Trinajstić information content (AvgIpc) is 2.89. The third kappa shape index (κ3) is 6.75. The van der Waals surface area contributed by atoms with E-state index in [0.29, 0.717) is 41.4 Å². The zero-order chi connectivity index (χ0) is 25.9. The quantitative estimate of drug-likeness (QED) is 0.162. The second-order valence-corrected chi connectivity index (χ2v) is 8.42. The molecule has 0 bridgehead atoms. The molecule has 3 aromatic rings. The van der Waals surface area contributed by atoms with Crippen LogP contribution in [0.3, 0.4) is 0 Å². The first-order valence-corrected chi connectivity index (χ1v) is 12.0. The number of carbonyl (C=O) groups excluding carboxylic acids is 1. The summed E-state index contributed by atoms with van der Waals surface area (Å²) < 4.78 is 17.0. The van der Waals surface area contributed by atoms with Gasteiger partial charge in [-0.2, -0.15) is 0 Å². The Hall–Kier alpha value is -4.06. The maximum absolute atomic E-state index is 12.0. The van der Waals surface area contributed by atoms with E-state index in [1.165, 1.54) is 0 Å². The molecule has 0 atom stereocenters. The van der Waals surface area contributed by atoms with E-state index in [1.807, 2.05) is 48.5 Å². The molecule has 188 valence electrons. The van der Waals surface area contributed by atoms with Gasteiger partial charge in [-0.05, 0) is 61.9 Å².